The smallest absolute Gasteiger partial charge is 0.0841 e. The van der Waals surface area contributed by atoms with E-state index in [-0.39, 0.29) is 6.04 Å². The van der Waals surface area contributed by atoms with Crippen molar-refractivity contribution in [3.8, 4) is 12.3 Å². The second-order valence-corrected chi connectivity index (χ2v) is 4.29. The maximum atomic E-state index is 5.45. The van der Waals surface area contributed by atoms with E-state index in [1.165, 1.54) is 10.9 Å². The summed E-state index contributed by atoms with van der Waals surface area (Å²) in [4.78, 5) is 0. The molecule has 3 nitrogen and oxygen atoms in total. The summed E-state index contributed by atoms with van der Waals surface area (Å²) in [6.07, 6.45) is 6.39. The van der Waals surface area contributed by atoms with Gasteiger partial charge in [0.1, 0.15) is 0 Å². The van der Waals surface area contributed by atoms with E-state index in [1.54, 1.807) is 0 Å². The van der Waals surface area contributed by atoms with Crippen molar-refractivity contribution in [1.82, 2.24) is 15.1 Å². The van der Waals surface area contributed by atoms with E-state index in [0.29, 0.717) is 0 Å². The van der Waals surface area contributed by atoms with E-state index in [0.717, 1.165) is 25.2 Å². The van der Waals surface area contributed by atoms with Crippen LogP contribution in [0.3, 0.4) is 0 Å². The van der Waals surface area contributed by atoms with Gasteiger partial charge in [-0.2, -0.15) is 5.10 Å². The van der Waals surface area contributed by atoms with Crippen LogP contribution in [0.5, 0.6) is 0 Å². The predicted octanol–water partition coefficient (Wildman–Crippen LogP) is 2.56. The van der Waals surface area contributed by atoms with Crippen LogP contribution in [0.25, 0.3) is 10.9 Å². The summed E-state index contributed by atoms with van der Waals surface area (Å²) in [6, 6.07) is 8.43. The number of hydrogen-bond acceptors (Lipinski definition) is 2. The maximum Gasteiger partial charge on any atom is 0.0841 e. The SMILES string of the molecule is C#CC(CC)NCc1nn(CC)c2ccccc12. The highest BCUT2D eigenvalue weighted by molar-refractivity contribution is 5.81. The van der Waals surface area contributed by atoms with Gasteiger partial charge in [-0.05, 0) is 19.4 Å². The zero-order chi connectivity index (χ0) is 13.0. The number of aromatic nitrogens is 2. The van der Waals surface area contributed by atoms with Crippen molar-refractivity contribution in [2.24, 2.45) is 0 Å². The Morgan fingerprint density at radius 2 is 2.17 bits per heavy atom. The Hall–Kier alpha value is -1.79. The van der Waals surface area contributed by atoms with E-state index in [2.05, 4.69) is 42.3 Å². The van der Waals surface area contributed by atoms with E-state index in [9.17, 15) is 0 Å². The van der Waals surface area contributed by atoms with Gasteiger partial charge >= 0.3 is 0 Å². The van der Waals surface area contributed by atoms with E-state index in [1.807, 2.05) is 16.8 Å². The molecule has 1 aromatic heterocycles. The molecule has 0 aliphatic heterocycles. The fraction of sp³-hybridized carbons (Fsp3) is 0.400. The molecule has 0 amide bonds. The molecule has 0 radical (unpaired) electrons. The lowest BCUT2D eigenvalue weighted by Gasteiger charge is -2.08. The van der Waals surface area contributed by atoms with E-state index in [4.69, 9.17) is 6.42 Å². The second kappa shape index (κ2) is 5.70. The molecule has 2 aromatic rings. The highest BCUT2D eigenvalue weighted by Gasteiger charge is 2.10. The summed E-state index contributed by atoms with van der Waals surface area (Å²) < 4.78 is 2.03. The van der Waals surface area contributed by atoms with Gasteiger partial charge in [0.15, 0.2) is 0 Å². The Labute approximate surface area is 108 Å². The Balaban J connectivity index is 2.26. The molecule has 1 aromatic carbocycles. The fourth-order valence-electron chi connectivity index (χ4n) is 2.11. The molecule has 94 valence electrons. The summed E-state index contributed by atoms with van der Waals surface area (Å²) in [5, 5.41) is 9.19. The maximum absolute atomic E-state index is 5.45. The van der Waals surface area contributed by atoms with Crippen molar-refractivity contribution in [3.05, 3.63) is 30.0 Å². The van der Waals surface area contributed by atoms with Crippen molar-refractivity contribution in [2.45, 2.75) is 39.4 Å². The van der Waals surface area contributed by atoms with Gasteiger partial charge in [-0.25, -0.2) is 0 Å². The molecule has 0 saturated carbocycles. The molecule has 1 unspecified atom stereocenters. The summed E-state index contributed by atoms with van der Waals surface area (Å²) in [7, 11) is 0. The zero-order valence-corrected chi connectivity index (χ0v) is 11.0. The van der Waals surface area contributed by atoms with Crippen molar-refractivity contribution < 1.29 is 0 Å². The minimum Gasteiger partial charge on any atom is -0.298 e. The molecule has 0 aliphatic carbocycles. The summed E-state index contributed by atoms with van der Waals surface area (Å²) in [6.45, 7) is 5.79. The van der Waals surface area contributed by atoms with Crippen molar-refractivity contribution in [2.75, 3.05) is 0 Å². The average Bonchev–Trinajstić information content (AvgIpc) is 2.78. The number of para-hydroxylation sites is 1. The molecule has 1 atom stereocenters. The van der Waals surface area contributed by atoms with Crippen LogP contribution in [0.15, 0.2) is 24.3 Å². The van der Waals surface area contributed by atoms with Gasteiger partial charge in [0.05, 0.1) is 17.3 Å². The Kier molecular flexibility index (Phi) is 4.01. The number of rotatable bonds is 5. The van der Waals surface area contributed by atoms with Gasteiger partial charge in [-0.3, -0.25) is 10.00 Å². The average molecular weight is 241 g/mol. The van der Waals surface area contributed by atoms with Crippen LogP contribution in [-0.2, 0) is 13.1 Å². The van der Waals surface area contributed by atoms with Crippen LogP contribution in [0.2, 0.25) is 0 Å². The topological polar surface area (TPSA) is 29.9 Å². The molecule has 0 spiro atoms. The van der Waals surface area contributed by atoms with E-state index >= 15 is 0 Å². The molecule has 0 fully saturated rings. The number of benzene rings is 1. The van der Waals surface area contributed by atoms with Crippen molar-refractivity contribution in [3.63, 3.8) is 0 Å². The predicted molar refractivity (Wildman–Crippen MR) is 75.2 cm³/mol. The first kappa shape index (κ1) is 12.7. The highest BCUT2D eigenvalue weighted by atomic mass is 15.3. The lowest BCUT2D eigenvalue weighted by atomic mass is 10.2. The summed E-state index contributed by atoms with van der Waals surface area (Å²) in [5.74, 6) is 2.75. The molecule has 0 aliphatic rings. The molecule has 0 saturated heterocycles. The molecular weight excluding hydrogens is 222 g/mol. The number of nitrogens with one attached hydrogen (secondary N) is 1. The van der Waals surface area contributed by atoms with Crippen LogP contribution >= 0.6 is 0 Å². The van der Waals surface area contributed by atoms with Crippen LogP contribution in [0.1, 0.15) is 26.0 Å². The van der Waals surface area contributed by atoms with Gasteiger partial charge in [0.25, 0.3) is 0 Å². The Morgan fingerprint density at radius 3 is 2.83 bits per heavy atom. The first-order valence-corrected chi connectivity index (χ1v) is 6.44. The first-order valence-electron chi connectivity index (χ1n) is 6.44. The lowest BCUT2D eigenvalue weighted by Crippen LogP contribution is -2.26. The van der Waals surface area contributed by atoms with Crippen LogP contribution in [0, 0.1) is 12.3 Å². The Bertz CT molecular complexity index is 563. The quantitative estimate of drug-likeness (QED) is 0.815. The third kappa shape index (κ3) is 2.39. The van der Waals surface area contributed by atoms with Crippen molar-refractivity contribution >= 4 is 10.9 Å². The van der Waals surface area contributed by atoms with Crippen LogP contribution in [0.4, 0.5) is 0 Å². The highest BCUT2D eigenvalue weighted by Crippen LogP contribution is 2.18. The van der Waals surface area contributed by atoms with Crippen LogP contribution < -0.4 is 5.32 Å². The Morgan fingerprint density at radius 1 is 1.39 bits per heavy atom. The molecule has 2 rings (SSSR count). The van der Waals surface area contributed by atoms with Gasteiger partial charge < -0.3 is 0 Å². The number of hydrogen-bond donors (Lipinski definition) is 1. The molecule has 1 heterocycles. The third-order valence-corrected chi connectivity index (χ3v) is 3.16. The first-order chi connectivity index (χ1) is 8.80. The monoisotopic (exact) mass is 241 g/mol. The normalized spacial score (nSPS) is 12.5. The lowest BCUT2D eigenvalue weighted by molar-refractivity contribution is 0.574. The molecular formula is C15H19N3. The minimum absolute atomic E-state index is 0.121. The standard InChI is InChI=1S/C15H19N3/c1-4-12(5-2)16-11-14-13-9-7-8-10-15(13)18(6-3)17-14/h1,7-10,12,16H,5-6,11H2,2-3H3. The minimum atomic E-state index is 0.121. The van der Waals surface area contributed by atoms with Gasteiger partial charge in [-0.1, -0.05) is 31.0 Å². The van der Waals surface area contributed by atoms with Crippen LogP contribution in [-0.4, -0.2) is 15.8 Å². The van der Waals surface area contributed by atoms with Gasteiger partial charge in [0.2, 0.25) is 0 Å². The number of nitrogens with zero attached hydrogens (tertiary/aromatic N) is 2. The molecule has 1 N–H and O–H groups in total. The summed E-state index contributed by atoms with van der Waals surface area (Å²) >= 11 is 0. The second-order valence-electron chi connectivity index (χ2n) is 4.29. The number of fused-ring (bicyclic) bond motifs is 1. The summed E-state index contributed by atoms with van der Waals surface area (Å²) in [5.41, 5.74) is 2.26. The molecule has 0 bridgehead atoms. The zero-order valence-electron chi connectivity index (χ0n) is 11.0. The fourth-order valence-corrected chi connectivity index (χ4v) is 2.11. The van der Waals surface area contributed by atoms with Gasteiger partial charge in [0, 0.05) is 18.5 Å². The third-order valence-electron chi connectivity index (χ3n) is 3.16. The van der Waals surface area contributed by atoms with Gasteiger partial charge in [-0.15, -0.1) is 6.42 Å². The number of aryl methyl sites for hydroxylation is 1. The largest absolute Gasteiger partial charge is 0.298 e. The van der Waals surface area contributed by atoms with Crippen molar-refractivity contribution in [1.29, 1.82) is 0 Å². The number of terminal acetylenes is 1. The molecule has 18 heavy (non-hydrogen) atoms. The molecule has 3 heteroatoms. The van der Waals surface area contributed by atoms with E-state index < -0.39 is 0 Å².